The SMILES string of the molecule is COC1CC(CN2CCNC[C@H]2c2cc3cnn(-c4ccc(F)cc4)c3cc2C)C1. The molecular formula is C24H29FN4O. The molecule has 3 aromatic rings. The Labute approximate surface area is 176 Å². The zero-order valence-corrected chi connectivity index (χ0v) is 17.6. The van der Waals surface area contributed by atoms with Crippen molar-refractivity contribution in [3.05, 3.63) is 59.5 Å². The van der Waals surface area contributed by atoms with Crippen LogP contribution in [0.2, 0.25) is 0 Å². The van der Waals surface area contributed by atoms with Crippen LogP contribution in [0.4, 0.5) is 4.39 Å². The van der Waals surface area contributed by atoms with Crippen LogP contribution in [0.15, 0.2) is 42.6 Å². The number of hydrogen-bond donors (Lipinski definition) is 1. The molecule has 5 nitrogen and oxygen atoms in total. The maximum Gasteiger partial charge on any atom is 0.123 e. The van der Waals surface area contributed by atoms with E-state index in [-0.39, 0.29) is 5.82 Å². The lowest BCUT2D eigenvalue weighted by molar-refractivity contribution is -0.0182. The zero-order valence-electron chi connectivity index (χ0n) is 17.6. The van der Waals surface area contributed by atoms with Gasteiger partial charge in [-0.15, -0.1) is 0 Å². The fraction of sp³-hybridized carbons (Fsp3) is 0.458. The monoisotopic (exact) mass is 408 g/mol. The summed E-state index contributed by atoms with van der Waals surface area (Å²) < 4.78 is 20.7. The molecule has 1 saturated carbocycles. The lowest BCUT2D eigenvalue weighted by Gasteiger charge is -2.43. The van der Waals surface area contributed by atoms with E-state index in [1.54, 1.807) is 12.1 Å². The molecule has 0 spiro atoms. The van der Waals surface area contributed by atoms with Gasteiger partial charge in [-0.2, -0.15) is 5.10 Å². The molecule has 5 rings (SSSR count). The minimum absolute atomic E-state index is 0.234. The predicted molar refractivity (Wildman–Crippen MR) is 116 cm³/mol. The molecule has 1 N–H and O–H groups in total. The van der Waals surface area contributed by atoms with Gasteiger partial charge in [-0.1, -0.05) is 0 Å². The minimum Gasteiger partial charge on any atom is -0.381 e. The van der Waals surface area contributed by atoms with E-state index in [2.05, 4.69) is 34.4 Å². The van der Waals surface area contributed by atoms with Gasteiger partial charge in [0.15, 0.2) is 0 Å². The third kappa shape index (κ3) is 3.64. The van der Waals surface area contributed by atoms with Crippen molar-refractivity contribution in [2.75, 3.05) is 33.3 Å². The molecule has 0 amide bonds. The van der Waals surface area contributed by atoms with Gasteiger partial charge in [-0.05, 0) is 73.2 Å². The molecular weight excluding hydrogens is 379 g/mol. The fourth-order valence-corrected chi connectivity index (χ4v) is 4.96. The molecule has 1 saturated heterocycles. The number of ether oxygens (including phenoxy) is 1. The average Bonchev–Trinajstić information content (AvgIpc) is 3.13. The summed E-state index contributed by atoms with van der Waals surface area (Å²) in [5.74, 6) is 0.502. The van der Waals surface area contributed by atoms with Gasteiger partial charge in [-0.25, -0.2) is 9.07 Å². The fourth-order valence-electron chi connectivity index (χ4n) is 4.96. The highest BCUT2D eigenvalue weighted by atomic mass is 19.1. The first-order valence-corrected chi connectivity index (χ1v) is 10.8. The molecule has 0 radical (unpaired) electrons. The van der Waals surface area contributed by atoms with Crippen LogP contribution < -0.4 is 5.32 Å². The number of methoxy groups -OCH3 is 1. The summed E-state index contributed by atoms with van der Waals surface area (Å²) in [5.41, 5.74) is 4.57. The van der Waals surface area contributed by atoms with Crippen molar-refractivity contribution in [1.82, 2.24) is 20.0 Å². The van der Waals surface area contributed by atoms with E-state index in [0.29, 0.717) is 12.1 Å². The number of hydrogen-bond acceptors (Lipinski definition) is 4. The number of nitrogens with zero attached hydrogens (tertiary/aromatic N) is 3. The number of halogens is 1. The molecule has 158 valence electrons. The summed E-state index contributed by atoms with van der Waals surface area (Å²) in [6.45, 7) is 6.41. The first kappa shape index (κ1) is 19.7. The molecule has 30 heavy (non-hydrogen) atoms. The maximum absolute atomic E-state index is 13.3. The summed E-state index contributed by atoms with van der Waals surface area (Å²) in [4.78, 5) is 2.64. The highest BCUT2D eigenvalue weighted by molar-refractivity contribution is 5.82. The van der Waals surface area contributed by atoms with Crippen molar-refractivity contribution < 1.29 is 9.13 Å². The van der Waals surface area contributed by atoms with Crippen molar-refractivity contribution >= 4 is 10.9 Å². The van der Waals surface area contributed by atoms with E-state index in [9.17, 15) is 4.39 Å². The van der Waals surface area contributed by atoms with Gasteiger partial charge < -0.3 is 10.1 Å². The standard InChI is InChI=1S/C24H29FN4O/c1-16-9-23-18(13-27-29(23)20-5-3-19(25)4-6-20)12-22(16)24-14-26-7-8-28(24)15-17-10-21(11-17)30-2/h3-6,9,12-13,17,21,24,26H,7-8,10-11,14-15H2,1-2H3/t17?,21?,24-/m0/s1. The van der Waals surface area contributed by atoms with Crippen molar-refractivity contribution in [3.8, 4) is 5.69 Å². The molecule has 2 heterocycles. The Bertz CT molecular complexity index is 1030. The Hall–Kier alpha value is -2.28. The summed E-state index contributed by atoms with van der Waals surface area (Å²) in [6, 6.07) is 11.4. The van der Waals surface area contributed by atoms with E-state index in [1.165, 1.54) is 36.1 Å². The van der Waals surface area contributed by atoms with Crippen molar-refractivity contribution in [3.63, 3.8) is 0 Å². The molecule has 0 unspecified atom stereocenters. The van der Waals surface area contributed by atoms with E-state index in [1.807, 2.05) is 18.0 Å². The minimum atomic E-state index is -0.234. The van der Waals surface area contributed by atoms with Crippen LogP contribution in [-0.4, -0.2) is 54.1 Å². The second kappa shape index (κ2) is 8.10. The van der Waals surface area contributed by atoms with Crippen LogP contribution in [0.25, 0.3) is 16.6 Å². The van der Waals surface area contributed by atoms with Gasteiger partial charge >= 0.3 is 0 Å². The number of piperazine rings is 1. The van der Waals surface area contributed by atoms with Crippen LogP contribution in [-0.2, 0) is 4.74 Å². The Kier molecular flexibility index (Phi) is 5.31. The molecule has 2 aliphatic rings. The zero-order chi connectivity index (χ0) is 20.7. The number of nitrogens with one attached hydrogen (secondary N) is 1. The highest BCUT2D eigenvalue weighted by Gasteiger charge is 2.34. The summed E-state index contributed by atoms with van der Waals surface area (Å²) in [6.07, 6.45) is 4.72. The maximum atomic E-state index is 13.3. The van der Waals surface area contributed by atoms with Gasteiger partial charge in [-0.3, -0.25) is 4.90 Å². The van der Waals surface area contributed by atoms with Gasteiger partial charge in [0.25, 0.3) is 0 Å². The van der Waals surface area contributed by atoms with Crippen molar-refractivity contribution in [2.45, 2.75) is 31.9 Å². The van der Waals surface area contributed by atoms with E-state index in [0.717, 1.165) is 48.7 Å². The summed E-state index contributed by atoms with van der Waals surface area (Å²) in [5, 5.41) is 9.28. The first-order valence-electron chi connectivity index (χ1n) is 10.8. The van der Waals surface area contributed by atoms with E-state index < -0.39 is 0 Å². The Morgan fingerprint density at radius 2 is 2.00 bits per heavy atom. The Morgan fingerprint density at radius 1 is 1.20 bits per heavy atom. The third-order valence-corrected chi connectivity index (χ3v) is 6.76. The molecule has 1 aromatic heterocycles. The van der Waals surface area contributed by atoms with Gasteiger partial charge in [0, 0.05) is 44.7 Å². The molecule has 2 aromatic carbocycles. The second-order valence-corrected chi connectivity index (χ2v) is 8.71. The molecule has 1 aliphatic heterocycles. The first-order chi connectivity index (χ1) is 14.6. The lowest BCUT2D eigenvalue weighted by atomic mass is 9.81. The number of rotatable bonds is 5. The van der Waals surface area contributed by atoms with Crippen molar-refractivity contribution in [1.29, 1.82) is 0 Å². The van der Waals surface area contributed by atoms with Crippen LogP contribution in [0, 0.1) is 18.7 Å². The number of fused-ring (bicyclic) bond motifs is 1. The van der Waals surface area contributed by atoms with Crippen LogP contribution in [0.3, 0.4) is 0 Å². The molecule has 2 fully saturated rings. The van der Waals surface area contributed by atoms with E-state index in [4.69, 9.17) is 4.74 Å². The smallest absolute Gasteiger partial charge is 0.123 e. The summed E-state index contributed by atoms with van der Waals surface area (Å²) in [7, 11) is 1.82. The quantitative estimate of drug-likeness (QED) is 0.697. The molecule has 6 heteroatoms. The Balaban J connectivity index is 1.43. The predicted octanol–water partition coefficient (Wildman–Crippen LogP) is 3.84. The van der Waals surface area contributed by atoms with Crippen LogP contribution >= 0.6 is 0 Å². The molecule has 1 atom stereocenters. The highest BCUT2D eigenvalue weighted by Crippen LogP contribution is 2.35. The molecule has 0 bridgehead atoms. The number of aromatic nitrogens is 2. The summed E-state index contributed by atoms with van der Waals surface area (Å²) >= 11 is 0. The van der Waals surface area contributed by atoms with Gasteiger partial charge in [0.05, 0.1) is 23.5 Å². The Morgan fingerprint density at radius 3 is 2.77 bits per heavy atom. The lowest BCUT2D eigenvalue weighted by Crippen LogP contribution is -2.49. The number of benzene rings is 2. The van der Waals surface area contributed by atoms with Crippen LogP contribution in [0.5, 0.6) is 0 Å². The largest absolute Gasteiger partial charge is 0.381 e. The van der Waals surface area contributed by atoms with Crippen molar-refractivity contribution in [2.24, 2.45) is 5.92 Å². The normalized spacial score (nSPS) is 24.8. The van der Waals surface area contributed by atoms with Crippen LogP contribution in [0.1, 0.15) is 30.0 Å². The topological polar surface area (TPSA) is 42.3 Å². The second-order valence-electron chi connectivity index (χ2n) is 8.71. The van der Waals surface area contributed by atoms with Gasteiger partial charge in [0.2, 0.25) is 0 Å². The van der Waals surface area contributed by atoms with Gasteiger partial charge in [0.1, 0.15) is 5.82 Å². The molecule has 1 aliphatic carbocycles. The average molecular weight is 409 g/mol. The third-order valence-electron chi connectivity index (χ3n) is 6.76. The van der Waals surface area contributed by atoms with E-state index >= 15 is 0 Å². The number of aryl methyl sites for hydroxylation is 1.